The molecule has 0 radical (unpaired) electrons. The summed E-state index contributed by atoms with van der Waals surface area (Å²) in [7, 11) is 0. The van der Waals surface area contributed by atoms with Gasteiger partial charge >= 0.3 is 0 Å². The molecule has 0 spiro atoms. The number of nitrogens with zero attached hydrogens (tertiary/aromatic N) is 3. The predicted molar refractivity (Wildman–Crippen MR) is 78.8 cm³/mol. The van der Waals surface area contributed by atoms with Gasteiger partial charge in [-0.3, -0.25) is 9.78 Å². The van der Waals surface area contributed by atoms with E-state index in [1.165, 1.54) is 17.7 Å². The zero-order valence-corrected chi connectivity index (χ0v) is 11.3. The third-order valence-electron chi connectivity index (χ3n) is 2.73. The maximum absolute atomic E-state index is 11.7. The molecule has 3 aromatic rings. The van der Waals surface area contributed by atoms with Gasteiger partial charge in [0.15, 0.2) is 5.13 Å². The Bertz CT molecular complexity index is 796. The zero-order valence-electron chi connectivity index (χ0n) is 10.5. The van der Waals surface area contributed by atoms with Crippen molar-refractivity contribution in [1.82, 2.24) is 19.9 Å². The van der Waals surface area contributed by atoms with E-state index >= 15 is 0 Å². The van der Waals surface area contributed by atoms with Gasteiger partial charge in [0, 0.05) is 24.7 Å². The van der Waals surface area contributed by atoms with E-state index in [1.807, 2.05) is 5.38 Å². The topological polar surface area (TPSA) is 110 Å². The summed E-state index contributed by atoms with van der Waals surface area (Å²) in [5.74, 6) is 0. The molecule has 7 nitrogen and oxygen atoms in total. The van der Waals surface area contributed by atoms with E-state index < -0.39 is 0 Å². The Labute approximate surface area is 117 Å². The van der Waals surface area contributed by atoms with Gasteiger partial charge in [-0.2, -0.15) is 0 Å². The van der Waals surface area contributed by atoms with Crippen LogP contribution in [0.5, 0.6) is 0 Å². The Morgan fingerprint density at radius 2 is 2.30 bits per heavy atom. The Balaban J connectivity index is 2.08. The van der Waals surface area contributed by atoms with Gasteiger partial charge in [-0.25, -0.2) is 9.97 Å². The molecule has 4 N–H and O–H groups in total. The Hall–Kier alpha value is -2.32. The molecule has 0 amide bonds. The zero-order chi connectivity index (χ0) is 13.9. The summed E-state index contributed by atoms with van der Waals surface area (Å²) in [5.41, 5.74) is 7.10. The van der Waals surface area contributed by atoms with Crippen LogP contribution in [0.2, 0.25) is 0 Å². The highest BCUT2D eigenvalue weighted by molar-refractivity contribution is 7.14. The molecule has 0 unspecified atom stereocenters. The summed E-state index contributed by atoms with van der Waals surface area (Å²) in [4.78, 5) is 27.2. The number of H-pyrrole nitrogens is 1. The van der Waals surface area contributed by atoms with Crippen LogP contribution in [0.15, 0.2) is 28.8 Å². The minimum Gasteiger partial charge on any atom is -0.360 e. The summed E-state index contributed by atoms with van der Waals surface area (Å²) in [6.07, 6.45) is 2.96. The Kier molecular flexibility index (Phi) is 3.40. The largest absolute Gasteiger partial charge is 0.360 e. The quantitative estimate of drug-likeness (QED) is 0.655. The van der Waals surface area contributed by atoms with Gasteiger partial charge in [0.25, 0.3) is 5.56 Å². The number of fused-ring (bicyclic) bond motifs is 1. The molecule has 0 aromatic carbocycles. The number of rotatable bonds is 4. The molecule has 0 aliphatic carbocycles. The Morgan fingerprint density at radius 1 is 1.40 bits per heavy atom. The summed E-state index contributed by atoms with van der Waals surface area (Å²) in [6, 6.07) is 1.64. The molecular formula is C12H12N6OS. The molecule has 0 aliphatic rings. The van der Waals surface area contributed by atoms with Crippen LogP contribution in [-0.4, -0.2) is 33.0 Å². The molecule has 102 valence electrons. The highest BCUT2D eigenvalue weighted by Crippen LogP contribution is 2.26. The van der Waals surface area contributed by atoms with Crippen molar-refractivity contribution in [1.29, 1.82) is 0 Å². The van der Waals surface area contributed by atoms with Gasteiger partial charge in [0.1, 0.15) is 16.9 Å². The number of hydrogen-bond donors (Lipinski definition) is 3. The first-order valence-corrected chi connectivity index (χ1v) is 6.90. The fraction of sp³-hybridized carbons (Fsp3) is 0.167. The van der Waals surface area contributed by atoms with Crippen molar-refractivity contribution in [3.8, 4) is 11.4 Å². The molecule has 8 heteroatoms. The van der Waals surface area contributed by atoms with Crippen molar-refractivity contribution >= 4 is 27.4 Å². The lowest BCUT2D eigenvalue weighted by Gasteiger charge is -2.01. The van der Waals surface area contributed by atoms with Crippen molar-refractivity contribution in [3.05, 3.63) is 34.3 Å². The van der Waals surface area contributed by atoms with Gasteiger partial charge in [-0.15, -0.1) is 11.3 Å². The van der Waals surface area contributed by atoms with E-state index in [2.05, 4.69) is 25.3 Å². The van der Waals surface area contributed by atoms with Crippen LogP contribution in [0.25, 0.3) is 22.3 Å². The summed E-state index contributed by atoms with van der Waals surface area (Å²) < 4.78 is 0. The first-order valence-electron chi connectivity index (χ1n) is 6.02. The number of aromatic nitrogens is 4. The van der Waals surface area contributed by atoms with E-state index in [0.29, 0.717) is 35.4 Å². The highest BCUT2D eigenvalue weighted by Gasteiger charge is 2.11. The molecule has 0 fully saturated rings. The van der Waals surface area contributed by atoms with Gasteiger partial charge in [0.2, 0.25) is 0 Å². The van der Waals surface area contributed by atoms with Crippen LogP contribution >= 0.6 is 11.3 Å². The molecule has 3 aromatic heterocycles. The molecule has 0 aliphatic heterocycles. The SMILES string of the molecule is NCCNc1nc(-c2nccc3c(=O)[nH]cnc23)cs1. The van der Waals surface area contributed by atoms with E-state index in [-0.39, 0.29) is 5.56 Å². The van der Waals surface area contributed by atoms with Crippen molar-refractivity contribution in [2.75, 3.05) is 18.4 Å². The van der Waals surface area contributed by atoms with Crippen LogP contribution in [0, 0.1) is 0 Å². The van der Waals surface area contributed by atoms with E-state index in [0.717, 1.165) is 5.13 Å². The molecule has 3 rings (SSSR count). The molecule has 3 heterocycles. The summed E-state index contributed by atoms with van der Waals surface area (Å²) >= 11 is 1.47. The number of aromatic amines is 1. The van der Waals surface area contributed by atoms with Crippen molar-refractivity contribution in [3.63, 3.8) is 0 Å². The average Bonchev–Trinajstić information content (AvgIpc) is 2.94. The minimum atomic E-state index is -0.185. The van der Waals surface area contributed by atoms with Gasteiger partial charge in [-0.1, -0.05) is 0 Å². The van der Waals surface area contributed by atoms with Crippen LogP contribution in [0.1, 0.15) is 0 Å². The molecule has 0 bridgehead atoms. The molecule has 20 heavy (non-hydrogen) atoms. The Morgan fingerprint density at radius 3 is 3.15 bits per heavy atom. The van der Waals surface area contributed by atoms with Gasteiger partial charge < -0.3 is 16.0 Å². The van der Waals surface area contributed by atoms with Crippen molar-refractivity contribution in [2.45, 2.75) is 0 Å². The smallest absolute Gasteiger partial charge is 0.258 e. The lowest BCUT2D eigenvalue weighted by Crippen LogP contribution is -2.12. The molecule has 0 atom stereocenters. The second-order valence-electron chi connectivity index (χ2n) is 4.04. The maximum Gasteiger partial charge on any atom is 0.258 e. The van der Waals surface area contributed by atoms with E-state index in [4.69, 9.17) is 5.73 Å². The number of nitrogens with one attached hydrogen (secondary N) is 2. The lowest BCUT2D eigenvalue weighted by molar-refractivity contribution is 1.02. The minimum absolute atomic E-state index is 0.185. The van der Waals surface area contributed by atoms with Crippen LogP contribution in [0.4, 0.5) is 5.13 Å². The molecule has 0 saturated carbocycles. The van der Waals surface area contributed by atoms with E-state index in [1.54, 1.807) is 12.3 Å². The normalized spacial score (nSPS) is 10.8. The third-order valence-corrected chi connectivity index (χ3v) is 3.53. The fourth-order valence-electron chi connectivity index (χ4n) is 1.83. The number of pyridine rings is 1. The first kappa shape index (κ1) is 12.7. The maximum atomic E-state index is 11.7. The number of anilines is 1. The average molecular weight is 288 g/mol. The van der Waals surface area contributed by atoms with Crippen LogP contribution < -0.4 is 16.6 Å². The standard InChI is InChI=1S/C12H12N6OS/c13-2-4-15-12-18-8(5-20-12)10-9-7(1-3-14-10)11(19)17-6-16-9/h1,3,5-6H,2,4,13H2,(H,15,18)(H,16,17,19). The summed E-state index contributed by atoms with van der Waals surface area (Å²) in [6.45, 7) is 1.20. The lowest BCUT2D eigenvalue weighted by atomic mass is 10.2. The summed E-state index contributed by atoms with van der Waals surface area (Å²) in [5, 5.41) is 6.26. The predicted octanol–water partition coefficient (Wildman–Crippen LogP) is 0.812. The van der Waals surface area contributed by atoms with Crippen LogP contribution in [0.3, 0.4) is 0 Å². The second kappa shape index (κ2) is 5.35. The third kappa shape index (κ3) is 2.26. The monoisotopic (exact) mass is 288 g/mol. The fourth-order valence-corrected chi connectivity index (χ4v) is 2.56. The first-order chi connectivity index (χ1) is 9.79. The van der Waals surface area contributed by atoms with Crippen LogP contribution in [-0.2, 0) is 0 Å². The number of hydrogen-bond acceptors (Lipinski definition) is 7. The van der Waals surface area contributed by atoms with Crippen molar-refractivity contribution in [2.24, 2.45) is 5.73 Å². The molecular weight excluding hydrogens is 276 g/mol. The second-order valence-corrected chi connectivity index (χ2v) is 4.90. The van der Waals surface area contributed by atoms with Crippen molar-refractivity contribution < 1.29 is 0 Å². The van der Waals surface area contributed by atoms with Gasteiger partial charge in [0.05, 0.1) is 11.7 Å². The van der Waals surface area contributed by atoms with Gasteiger partial charge in [-0.05, 0) is 6.07 Å². The molecule has 0 saturated heterocycles. The number of thiazole rings is 1. The number of nitrogens with two attached hydrogens (primary N) is 1. The van der Waals surface area contributed by atoms with E-state index in [9.17, 15) is 4.79 Å². The highest BCUT2D eigenvalue weighted by atomic mass is 32.1.